The average Bonchev–Trinajstić information content (AvgIpc) is 3.22. The summed E-state index contributed by atoms with van der Waals surface area (Å²) in [7, 11) is 0. The van der Waals surface area contributed by atoms with Crippen molar-refractivity contribution in [3.05, 3.63) is 97.2 Å². The van der Waals surface area contributed by atoms with Gasteiger partial charge in [-0.25, -0.2) is 0 Å². The van der Waals surface area contributed by atoms with E-state index in [0.717, 1.165) is 116 Å². The molecule has 0 bridgehead atoms. The van der Waals surface area contributed by atoms with Crippen LogP contribution < -0.4 is 0 Å². The van der Waals surface area contributed by atoms with E-state index < -0.39 is 6.10 Å². The van der Waals surface area contributed by atoms with Crippen LogP contribution in [0.3, 0.4) is 0 Å². The molecule has 58 heavy (non-hydrogen) atoms. The van der Waals surface area contributed by atoms with Crippen LogP contribution in [0.15, 0.2) is 97.2 Å². The average molecular weight is 805 g/mol. The van der Waals surface area contributed by atoms with Gasteiger partial charge in [-0.1, -0.05) is 189 Å². The molecule has 0 aromatic rings. The van der Waals surface area contributed by atoms with E-state index in [4.69, 9.17) is 14.2 Å². The van der Waals surface area contributed by atoms with Gasteiger partial charge >= 0.3 is 11.9 Å². The highest BCUT2D eigenvalue weighted by molar-refractivity contribution is 5.70. The first-order chi connectivity index (χ1) is 28.6. The van der Waals surface area contributed by atoms with E-state index in [1.54, 1.807) is 0 Å². The molecule has 330 valence electrons. The van der Waals surface area contributed by atoms with Gasteiger partial charge in [0.1, 0.15) is 6.61 Å². The summed E-state index contributed by atoms with van der Waals surface area (Å²) < 4.78 is 17.3. The van der Waals surface area contributed by atoms with Crippen LogP contribution in [0.4, 0.5) is 0 Å². The molecule has 0 rings (SSSR count). The molecule has 0 aromatic heterocycles. The highest BCUT2D eigenvalue weighted by Crippen LogP contribution is 2.13. The second kappa shape index (κ2) is 48.2. The number of hydrogen-bond donors (Lipinski definition) is 0. The Kier molecular flexibility index (Phi) is 45.5. The smallest absolute Gasteiger partial charge is 0.306 e. The summed E-state index contributed by atoms with van der Waals surface area (Å²) >= 11 is 0. The second-order valence-corrected chi connectivity index (χ2v) is 15.3. The van der Waals surface area contributed by atoms with Crippen molar-refractivity contribution in [1.82, 2.24) is 0 Å². The van der Waals surface area contributed by atoms with E-state index in [9.17, 15) is 9.59 Å². The van der Waals surface area contributed by atoms with E-state index >= 15 is 0 Å². The lowest BCUT2D eigenvalue weighted by Gasteiger charge is -2.18. The fraction of sp³-hybridized carbons (Fsp3) is 0.660. The summed E-state index contributed by atoms with van der Waals surface area (Å²) in [5.74, 6) is -0.449. The van der Waals surface area contributed by atoms with E-state index in [1.165, 1.54) is 51.4 Å². The van der Waals surface area contributed by atoms with Crippen LogP contribution in [-0.2, 0) is 23.8 Å². The number of ether oxygens (including phenoxy) is 3. The van der Waals surface area contributed by atoms with Gasteiger partial charge in [-0.2, -0.15) is 0 Å². The van der Waals surface area contributed by atoms with Gasteiger partial charge in [-0.05, 0) is 96.3 Å². The number of carbonyl (C=O) groups excluding carboxylic acids is 2. The maximum absolute atomic E-state index is 12.7. The fourth-order valence-electron chi connectivity index (χ4n) is 6.14. The van der Waals surface area contributed by atoms with Crippen LogP contribution in [-0.4, -0.2) is 37.9 Å². The quantitative estimate of drug-likeness (QED) is 0.0349. The highest BCUT2D eigenvalue weighted by Gasteiger charge is 2.17. The molecular formula is C53H88O5. The minimum atomic E-state index is -0.567. The van der Waals surface area contributed by atoms with Crippen molar-refractivity contribution in [3.8, 4) is 0 Å². The van der Waals surface area contributed by atoms with Gasteiger partial charge in [0.25, 0.3) is 0 Å². The number of esters is 2. The van der Waals surface area contributed by atoms with E-state index in [0.29, 0.717) is 19.4 Å². The summed E-state index contributed by atoms with van der Waals surface area (Å²) in [4.78, 5) is 25.2. The van der Waals surface area contributed by atoms with Crippen molar-refractivity contribution in [3.63, 3.8) is 0 Å². The van der Waals surface area contributed by atoms with Gasteiger partial charge in [0.05, 0.1) is 6.61 Å². The lowest BCUT2D eigenvalue weighted by Crippen LogP contribution is -2.30. The Morgan fingerprint density at radius 1 is 0.397 bits per heavy atom. The Labute approximate surface area is 358 Å². The molecule has 0 radical (unpaired) electrons. The molecule has 0 heterocycles. The number of hydrogen-bond acceptors (Lipinski definition) is 5. The largest absolute Gasteiger partial charge is 0.462 e. The number of carbonyl (C=O) groups is 2. The third kappa shape index (κ3) is 45.5. The third-order valence-electron chi connectivity index (χ3n) is 9.62. The first-order valence-corrected chi connectivity index (χ1v) is 23.8. The SMILES string of the molecule is CC/C=C\C/C=C\C/C=C\C/C=C\C/C=C\CCCCOCC(COC(=O)CCCCCCC/C=C\C/C=C\C/C=C\CC)OC(=O)CCCCCCCCCCC. The Hall–Kier alpha value is -3.18. The fourth-order valence-corrected chi connectivity index (χ4v) is 6.14. The first-order valence-electron chi connectivity index (χ1n) is 23.8. The van der Waals surface area contributed by atoms with E-state index in [-0.39, 0.29) is 25.2 Å². The molecule has 0 aliphatic carbocycles. The maximum atomic E-state index is 12.7. The van der Waals surface area contributed by atoms with Crippen molar-refractivity contribution in [2.75, 3.05) is 19.8 Å². The minimum absolute atomic E-state index is 0.0549. The number of unbranched alkanes of at least 4 members (excludes halogenated alkanes) is 15. The summed E-state index contributed by atoms with van der Waals surface area (Å²) in [6.07, 6.45) is 64.2. The molecule has 5 nitrogen and oxygen atoms in total. The molecule has 1 atom stereocenters. The van der Waals surface area contributed by atoms with Gasteiger partial charge in [0, 0.05) is 19.4 Å². The van der Waals surface area contributed by atoms with Crippen molar-refractivity contribution < 1.29 is 23.8 Å². The summed E-state index contributed by atoms with van der Waals surface area (Å²) in [6, 6.07) is 0. The van der Waals surface area contributed by atoms with Crippen LogP contribution in [0.5, 0.6) is 0 Å². The first kappa shape index (κ1) is 54.8. The van der Waals surface area contributed by atoms with Crippen molar-refractivity contribution in [2.24, 2.45) is 0 Å². The molecule has 0 saturated carbocycles. The van der Waals surface area contributed by atoms with Gasteiger partial charge in [0.15, 0.2) is 6.10 Å². The maximum Gasteiger partial charge on any atom is 0.306 e. The Morgan fingerprint density at radius 2 is 0.776 bits per heavy atom. The van der Waals surface area contributed by atoms with Crippen LogP contribution in [0.2, 0.25) is 0 Å². The molecule has 5 heteroatoms. The molecule has 0 amide bonds. The zero-order valence-electron chi connectivity index (χ0n) is 37.8. The van der Waals surface area contributed by atoms with E-state index in [2.05, 4.69) is 118 Å². The third-order valence-corrected chi connectivity index (χ3v) is 9.62. The van der Waals surface area contributed by atoms with Gasteiger partial charge in [0.2, 0.25) is 0 Å². The minimum Gasteiger partial charge on any atom is -0.462 e. The predicted molar refractivity (Wildman–Crippen MR) is 251 cm³/mol. The molecule has 0 spiro atoms. The second-order valence-electron chi connectivity index (χ2n) is 15.3. The normalized spacial score (nSPS) is 13.1. The van der Waals surface area contributed by atoms with Crippen LogP contribution in [0.25, 0.3) is 0 Å². The summed E-state index contributed by atoms with van der Waals surface area (Å²) in [6.45, 7) is 7.45. The Morgan fingerprint density at radius 3 is 1.24 bits per heavy atom. The van der Waals surface area contributed by atoms with Crippen molar-refractivity contribution in [2.45, 2.75) is 207 Å². The zero-order valence-corrected chi connectivity index (χ0v) is 37.8. The van der Waals surface area contributed by atoms with Crippen LogP contribution in [0, 0.1) is 0 Å². The topological polar surface area (TPSA) is 61.8 Å². The molecule has 0 aromatic carbocycles. The van der Waals surface area contributed by atoms with E-state index in [1.807, 2.05) is 0 Å². The van der Waals surface area contributed by atoms with Crippen molar-refractivity contribution in [1.29, 1.82) is 0 Å². The monoisotopic (exact) mass is 805 g/mol. The standard InChI is InChI=1S/C53H88O5/c1-4-7-10-13-16-19-21-23-25-26-27-29-31-33-36-39-42-45-48-56-49-51(58-53(55)47-44-41-38-34-18-15-12-9-6-3)50-57-52(54)46-43-40-37-35-32-30-28-24-22-20-17-14-11-8-5-2/h7-8,10-11,16-17,19-20,23-25,27-29,33,36,51H,4-6,9,12-15,18,21-22,26,30-32,34-35,37-50H2,1-3H3/b10-7-,11-8-,19-16-,20-17-,25-23-,28-24-,29-27-,36-33-. The van der Waals surface area contributed by atoms with Crippen molar-refractivity contribution >= 4 is 11.9 Å². The molecule has 1 unspecified atom stereocenters. The molecular weight excluding hydrogens is 717 g/mol. The van der Waals surface area contributed by atoms with Crippen LogP contribution in [0.1, 0.15) is 201 Å². The molecule has 0 aliphatic rings. The highest BCUT2D eigenvalue weighted by atomic mass is 16.6. The molecule has 0 N–H and O–H groups in total. The predicted octanol–water partition coefficient (Wildman–Crippen LogP) is 15.9. The number of allylic oxidation sites excluding steroid dienone is 16. The van der Waals surface area contributed by atoms with Crippen LogP contribution >= 0.6 is 0 Å². The Balaban J connectivity index is 4.34. The molecule has 0 fully saturated rings. The van der Waals surface area contributed by atoms with Gasteiger partial charge in [-0.3, -0.25) is 9.59 Å². The molecule has 0 aliphatic heterocycles. The number of rotatable bonds is 42. The van der Waals surface area contributed by atoms with Gasteiger partial charge in [-0.15, -0.1) is 0 Å². The summed E-state index contributed by atoms with van der Waals surface area (Å²) in [5, 5.41) is 0. The lowest BCUT2D eigenvalue weighted by molar-refractivity contribution is -0.163. The zero-order chi connectivity index (χ0) is 42.1. The molecule has 0 saturated heterocycles. The summed E-state index contributed by atoms with van der Waals surface area (Å²) in [5.41, 5.74) is 0. The Bertz CT molecular complexity index is 1140. The van der Waals surface area contributed by atoms with Gasteiger partial charge < -0.3 is 14.2 Å². The lowest BCUT2D eigenvalue weighted by atomic mass is 10.1.